The lowest BCUT2D eigenvalue weighted by Crippen LogP contribution is -2.36. The Bertz CT molecular complexity index is 682. The zero-order valence-corrected chi connectivity index (χ0v) is 13.4. The first-order valence-electron chi connectivity index (χ1n) is 8.25. The van der Waals surface area contributed by atoms with Gasteiger partial charge in [0.05, 0.1) is 5.57 Å². The van der Waals surface area contributed by atoms with Crippen molar-refractivity contribution in [3.63, 3.8) is 0 Å². The Morgan fingerprint density at radius 1 is 1.17 bits per heavy atom. The number of hydrogen-bond acceptors (Lipinski definition) is 3. The molecule has 5 heteroatoms. The maximum Gasteiger partial charge on any atom is 0.335 e. The predicted molar refractivity (Wildman–Crippen MR) is 86.8 cm³/mol. The number of allylic oxidation sites excluding steroid dienone is 2. The molecule has 1 heterocycles. The van der Waals surface area contributed by atoms with Crippen LogP contribution in [-0.2, 0) is 16.0 Å². The molecule has 1 saturated carbocycles. The van der Waals surface area contributed by atoms with Crippen LogP contribution in [0, 0.1) is 5.82 Å². The van der Waals surface area contributed by atoms with Gasteiger partial charge in [-0.2, -0.15) is 0 Å². The van der Waals surface area contributed by atoms with Gasteiger partial charge in [-0.1, -0.05) is 31.4 Å². The largest absolute Gasteiger partial charge is 0.490 e. The number of ether oxygens (including phenoxy) is 1. The van der Waals surface area contributed by atoms with Crippen LogP contribution in [0.25, 0.3) is 0 Å². The van der Waals surface area contributed by atoms with Crippen LogP contribution in [0.2, 0.25) is 0 Å². The van der Waals surface area contributed by atoms with E-state index >= 15 is 0 Å². The van der Waals surface area contributed by atoms with Gasteiger partial charge < -0.3 is 14.9 Å². The molecule has 0 amide bonds. The summed E-state index contributed by atoms with van der Waals surface area (Å²) in [5.74, 6) is -0.895. The summed E-state index contributed by atoms with van der Waals surface area (Å²) >= 11 is 0. The molecular weight excluding hydrogens is 311 g/mol. The second-order valence-corrected chi connectivity index (χ2v) is 6.50. The van der Waals surface area contributed by atoms with Crippen LogP contribution < -0.4 is 0 Å². The van der Waals surface area contributed by atoms with Gasteiger partial charge >= 0.3 is 5.97 Å². The topological polar surface area (TPSA) is 66.8 Å². The maximum atomic E-state index is 13.1. The number of carboxylic acid groups (broad SMARTS) is 1. The van der Waals surface area contributed by atoms with Gasteiger partial charge in [0.1, 0.15) is 23.8 Å². The monoisotopic (exact) mass is 332 g/mol. The molecule has 128 valence electrons. The molecule has 0 aromatic heterocycles. The van der Waals surface area contributed by atoms with Crippen molar-refractivity contribution in [2.45, 2.75) is 44.1 Å². The zero-order chi connectivity index (χ0) is 17.2. The summed E-state index contributed by atoms with van der Waals surface area (Å²) < 4.78 is 18.6. The second-order valence-electron chi connectivity index (χ2n) is 6.50. The summed E-state index contributed by atoms with van der Waals surface area (Å²) in [5.41, 5.74) is 0.603. The van der Waals surface area contributed by atoms with Crippen molar-refractivity contribution in [1.82, 2.24) is 0 Å². The predicted octanol–water partition coefficient (Wildman–Crippen LogP) is 3.36. The molecule has 1 aliphatic carbocycles. The lowest BCUT2D eigenvalue weighted by molar-refractivity contribution is -0.133. The lowest BCUT2D eigenvalue weighted by atomic mass is 9.81. The van der Waals surface area contributed by atoms with Crippen LogP contribution in [-0.4, -0.2) is 28.4 Å². The first-order chi connectivity index (χ1) is 11.5. The van der Waals surface area contributed by atoms with Gasteiger partial charge in [-0.3, -0.25) is 0 Å². The van der Waals surface area contributed by atoms with E-state index in [1.165, 1.54) is 12.1 Å². The highest BCUT2D eigenvalue weighted by Gasteiger charge is 2.37. The molecule has 3 rings (SSSR count). The molecule has 24 heavy (non-hydrogen) atoms. The quantitative estimate of drug-likeness (QED) is 0.887. The van der Waals surface area contributed by atoms with Gasteiger partial charge in [0.15, 0.2) is 0 Å². The molecule has 1 aromatic carbocycles. The highest BCUT2D eigenvalue weighted by Crippen LogP contribution is 2.37. The van der Waals surface area contributed by atoms with Crippen LogP contribution >= 0.6 is 0 Å². The Balaban J connectivity index is 1.91. The van der Waals surface area contributed by atoms with E-state index in [1.807, 2.05) is 0 Å². The molecule has 1 aromatic rings. The van der Waals surface area contributed by atoms with E-state index in [4.69, 9.17) is 4.74 Å². The molecule has 0 atom stereocenters. The van der Waals surface area contributed by atoms with Gasteiger partial charge in [-0.25, -0.2) is 9.18 Å². The van der Waals surface area contributed by atoms with Gasteiger partial charge in [0.2, 0.25) is 0 Å². The number of rotatable bonds is 4. The summed E-state index contributed by atoms with van der Waals surface area (Å²) in [6.45, 7) is -0.0556. The standard InChI is InChI=1S/C19H21FO4/c20-15-6-4-13(5-7-15)10-14-11-17(24-12-16(14)18(21)22)19(23)8-2-1-3-9-19/h4-7,11,23H,1-3,8-10,12H2,(H,21,22). The summed E-state index contributed by atoms with van der Waals surface area (Å²) in [5, 5.41) is 20.2. The molecule has 0 saturated heterocycles. The van der Waals surface area contributed by atoms with Crippen LogP contribution in [0.1, 0.15) is 37.7 Å². The maximum absolute atomic E-state index is 13.1. The number of carbonyl (C=O) groups is 1. The van der Waals surface area contributed by atoms with Crippen molar-refractivity contribution < 1.29 is 24.1 Å². The van der Waals surface area contributed by atoms with Gasteiger partial charge in [0, 0.05) is 0 Å². The summed E-state index contributed by atoms with van der Waals surface area (Å²) in [6, 6.07) is 5.99. The van der Waals surface area contributed by atoms with E-state index in [2.05, 4.69) is 0 Å². The molecule has 0 spiro atoms. The smallest absolute Gasteiger partial charge is 0.335 e. The molecule has 2 aliphatic rings. The van der Waals surface area contributed by atoms with E-state index < -0.39 is 11.6 Å². The van der Waals surface area contributed by atoms with Crippen LogP contribution in [0.4, 0.5) is 4.39 Å². The van der Waals surface area contributed by atoms with Gasteiger partial charge in [-0.15, -0.1) is 0 Å². The normalized spacial score (nSPS) is 20.3. The Morgan fingerprint density at radius 3 is 2.46 bits per heavy atom. The number of hydrogen-bond donors (Lipinski definition) is 2. The van der Waals surface area contributed by atoms with Crippen molar-refractivity contribution >= 4 is 5.97 Å². The number of halogens is 1. The third-order valence-corrected chi connectivity index (χ3v) is 4.77. The fourth-order valence-corrected chi connectivity index (χ4v) is 3.36. The number of aliphatic hydroxyl groups is 1. The first-order valence-corrected chi connectivity index (χ1v) is 8.25. The summed E-state index contributed by atoms with van der Waals surface area (Å²) in [4.78, 5) is 11.5. The van der Waals surface area contributed by atoms with Crippen molar-refractivity contribution in [2.24, 2.45) is 0 Å². The Hall–Kier alpha value is -2.14. The molecular formula is C19H21FO4. The fourth-order valence-electron chi connectivity index (χ4n) is 3.36. The molecule has 0 bridgehead atoms. The van der Waals surface area contributed by atoms with Gasteiger partial charge in [0.25, 0.3) is 0 Å². The Morgan fingerprint density at radius 2 is 1.83 bits per heavy atom. The Labute approximate surface area is 140 Å². The third kappa shape index (κ3) is 3.51. The van der Waals surface area contributed by atoms with E-state index in [9.17, 15) is 19.4 Å². The average molecular weight is 332 g/mol. The van der Waals surface area contributed by atoms with Crippen molar-refractivity contribution in [3.8, 4) is 0 Å². The summed E-state index contributed by atoms with van der Waals surface area (Å²) in [7, 11) is 0. The third-order valence-electron chi connectivity index (χ3n) is 4.77. The highest BCUT2D eigenvalue weighted by molar-refractivity contribution is 5.89. The molecule has 1 fully saturated rings. The molecule has 0 radical (unpaired) electrons. The highest BCUT2D eigenvalue weighted by atomic mass is 19.1. The lowest BCUT2D eigenvalue weighted by Gasteiger charge is -2.35. The van der Waals surface area contributed by atoms with Crippen molar-refractivity contribution in [3.05, 3.63) is 58.6 Å². The van der Waals surface area contributed by atoms with Crippen LogP contribution in [0.15, 0.2) is 47.2 Å². The SMILES string of the molecule is O=C(O)C1=C(Cc2ccc(F)cc2)C=C(C2(O)CCCCC2)OC1. The molecule has 0 unspecified atom stereocenters. The average Bonchev–Trinajstić information content (AvgIpc) is 2.57. The molecule has 1 aliphatic heterocycles. The van der Waals surface area contributed by atoms with E-state index in [-0.39, 0.29) is 18.0 Å². The van der Waals surface area contributed by atoms with Crippen LogP contribution in [0.3, 0.4) is 0 Å². The van der Waals surface area contributed by atoms with E-state index in [1.54, 1.807) is 18.2 Å². The fraction of sp³-hybridized carbons (Fsp3) is 0.421. The second kappa shape index (κ2) is 6.77. The number of carboxylic acids is 1. The van der Waals surface area contributed by atoms with E-state index in [0.717, 1.165) is 24.8 Å². The van der Waals surface area contributed by atoms with Crippen molar-refractivity contribution in [1.29, 1.82) is 0 Å². The van der Waals surface area contributed by atoms with Gasteiger partial charge in [-0.05, 0) is 48.6 Å². The molecule has 2 N–H and O–H groups in total. The van der Waals surface area contributed by atoms with Crippen molar-refractivity contribution in [2.75, 3.05) is 6.61 Å². The minimum atomic E-state index is -1.03. The number of aliphatic carboxylic acids is 1. The molecule has 4 nitrogen and oxygen atoms in total. The zero-order valence-electron chi connectivity index (χ0n) is 13.4. The first kappa shape index (κ1) is 16.7. The van der Waals surface area contributed by atoms with Crippen LogP contribution in [0.5, 0.6) is 0 Å². The minimum absolute atomic E-state index is 0.0556. The number of benzene rings is 1. The van der Waals surface area contributed by atoms with E-state index in [0.29, 0.717) is 30.6 Å². The summed E-state index contributed by atoms with van der Waals surface area (Å²) in [6.07, 6.45) is 6.25. The minimum Gasteiger partial charge on any atom is -0.490 e. The Kier molecular flexibility index (Phi) is 4.71.